The third-order valence-corrected chi connectivity index (χ3v) is 4.86. The number of benzene rings is 2. The number of methoxy groups -OCH3 is 1. The fraction of sp³-hybridized carbons (Fsp3) is 0.263. The maximum Gasteiger partial charge on any atom is 0.164 e. The molecule has 0 spiro atoms. The molecule has 0 aliphatic rings. The fourth-order valence-electron chi connectivity index (χ4n) is 2.30. The molecular weight excluding hydrogens is 322 g/mol. The Labute approximate surface area is 146 Å². The molecule has 0 radical (unpaired) electrons. The van der Waals surface area contributed by atoms with Crippen molar-refractivity contribution in [2.75, 3.05) is 19.5 Å². The van der Waals surface area contributed by atoms with E-state index >= 15 is 0 Å². The number of nitriles is 1. The van der Waals surface area contributed by atoms with Gasteiger partial charge in [-0.25, -0.2) is 0 Å². The molecule has 0 aliphatic carbocycles. The molecule has 0 bridgehead atoms. The summed E-state index contributed by atoms with van der Waals surface area (Å²) in [6.07, 6.45) is 0.336. The molecule has 4 nitrogen and oxygen atoms in total. The first-order valence-corrected chi connectivity index (χ1v) is 8.62. The van der Waals surface area contributed by atoms with Crippen molar-refractivity contribution >= 4 is 17.5 Å². The summed E-state index contributed by atoms with van der Waals surface area (Å²) in [5, 5.41) is 17.9. The Morgan fingerprint density at radius 1 is 1.21 bits per heavy atom. The van der Waals surface area contributed by atoms with Gasteiger partial charge in [-0.1, -0.05) is 24.3 Å². The summed E-state index contributed by atoms with van der Waals surface area (Å²) in [4.78, 5) is 12.5. The predicted octanol–water partition coefficient (Wildman–Crippen LogP) is 3.61. The lowest BCUT2D eigenvalue weighted by Gasteiger charge is -2.16. The van der Waals surface area contributed by atoms with Crippen LogP contribution in [0, 0.1) is 11.3 Å². The number of hydrogen-bond acceptors (Lipinski definition) is 5. The predicted molar refractivity (Wildman–Crippen MR) is 95.4 cm³/mol. The highest BCUT2D eigenvalue weighted by Gasteiger charge is 2.18. The van der Waals surface area contributed by atoms with Gasteiger partial charge in [0.15, 0.2) is 5.78 Å². The maximum absolute atomic E-state index is 12.5. The van der Waals surface area contributed by atoms with E-state index in [2.05, 4.69) is 0 Å². The zero-order chi connectivity index (χ0) is 17.4. The number of ether oxygens (including phenoxy) is 1. The molecule has 2 rings (SSSR count). The number of aliphatic hydroxyl groups is 1. The van der Waals surface area contributed by atoms with Crippen molar-refractivity contribution in [2.45, 2.75) is 11.7 Å². The smallest absolute Gasteiger partial charge is 0.164 e. The molecule has 24 heavy (non-hydrogen) atoms. The summed E-state index contributed by atoms with van der Waals surface area (Å²) in [6, 6.07) is 16.3. The Bertz CT molecular complexity index is 705. The Morgan fingerprint density at radius 3 is 2.42 bits per heavy atom. The molecule has 2 aromatic rings. The topological polar surface area (TPSA) is 70.3 Å². The van der Waals surface area contributed by atoms with E-state index < -0.39 is 0 Å². The quantitative estimate of drug-likeness (QED) is 0.743. The monoisotopic (exact) mass is 341 g/mol. The van der Waals surface area contributed by atoms with Crippen molar-refractivity contribution in [3.63, 3.8) is 0 Å². The van der Waals surface area contributed by atoms with Gasteiger partial charge in [-0.05, 0) is 29.8 Å². The molecule has 2 aromatic carbocycles. The van der Waals surface area contributed by atoms with Gasteiger partial charge in [0.2, 0.25) is 0 Å². The Kier molecular flexibility index (Phi) is 6.86. The van der Waals surface area contributed by atoms with Gasteiger partial charge in [0.1, 0.15) is 5.75 Å². The normalized spacial score (nSPS) is 11.5. The highest BCUT2D eigenvalue weighted by molar-refractivity contribution is 7.99. The van der Waals surface area contributed by atoms with Gasteiger partial charge in [-0.15, -0.1) is 0 Å². The summed E-state index contributed by atoms with van der Waals surface area (Å²) in [7, 11) is 1.61. The summed E-state index contributed by atoms with van der Waals surface area (Å²) in [6.45, 7) is 0.0718. The van der Waals surface area contributed by atoms with Crippen LogP contribution < -0.4 is 4.74 Å². The molecular formula is C19H19NO3S. The highest BCUT2D eigenvalue weighted by Crippen LogP contribution is 2.34. The highest BCUT2D eigenvalue weighted by atomic mass is 32.2. The number of thioether (sulfide) groups is 1. The van der Waals surface area contributed by atoms with Crippen LogP contribution in [-0.2, 0) is 0 Å². The van der Waals surface area contributed by atoms with Crippen LogP contribution in [0.2, 0.25) is 0 Å². The van der Waals surface area contributed by atoms with Gasteiger partial charge in [-0.3, -0.25) is 4.79 Å². The number of aliphatic hydroxyl groups excluding tert-OH is 1. The van der Waals surface area contributed by atoms with Crippen LogP contribution >= 0.6 is 11.8 Å². The Hall–Kier alpha value is -2.29. The molecule has 0 saturated heterocycles. The van der Waals surface area contributed by atoms with Crippen molar-refractivity contribution < 1.29 is 14.6 Å². The molecule has 1 N–H and O–H groups in total. The Morgan fingerprint density at radius 2 is 1.88 bits per heavy atom. The van der Waals surface area contributed by atoms with E-state index in [1.165, 1.54) is 0 Å². The molecule has 0 saturated carbocycles. The van der Waals surface area contributed by atoms with Crippen LogP contribution in [0.5, 0.6) is 5.75 Å². The second kappa shape index (κ2) is 9.11. The molecule has 1 atom stereocenters. The number of nitrogens with zero attached hydrogens (tertiary/aromatic N) is 1. The van der Waals surface area contributed by atoms with E-state index in [1.807, 2.05) is 30.3 Å². The SMILES string of the molecule is COc1ccc(C(CC(=O)c2ccc(C#N)cc2)SCCO)cc1. The van der Waals surface area contributed by atoms with Crippen LogP contribution in [0.3, 0.4) is 0 Å². The summed E-state index contributed by atoms with van der Waals surface area (Å²) in [5.41, 5.74) is 2.15. The van der Waals surface area contributed by atoms with E-state index in [9.17, 15) is 4.79 Å². The van der Waals surface area contributed by atoms with Crippen molar-refractivity contribution in [1.82, 2.24) is 0 Å². The molecule has 0 fully saturated rings. The van der Waals surface area contributed by atoms with Crippen molar-refractivity contribution in [3.8, 4) is 11.8 Å². The lowest BCUT2D eigenvalue weighted by molar-refractivity contribution is 0.0982. The van der Waals surface area contributed by atoms with E-state index in [1.54, 1.807) is 43.1 Å². The third kappa shape index (κ3) is 4.85. The number of Topliss-reactive ketones (excluding diaryl/α,β-unsaturated/α-hetero) is 1. The molecule has 124 valence electrons. The van der Waals surface area contributed by atoms with Gasteiger partial charge in [0.05, 0.1) is 25.3 Å². The van der Waals surface area contributed by atoms with E-state index in [4.69, 9.17) is 15.1 Å². The first kappa shape index (κ1) is 18.1. The number of rotatable bonds is 8. The molecule has 0 amide bonds. The zero-order valence-corrected chi connectivity index (χ0v) is 14.3. The van der Waals surface area contributed by atoms with E-state index in [-0.39, 0.29) is 17.6 Å². The minimum atomic E-state index is -0.0359. The second-order valence-electron chi connectivity index (χ2n) is 5.17. The average molecular weight is 341 g/mol. The molecule has 1 unspecified atom stereocenters. The second-order valence-corrected chi connectivity index (χ2v) is 6.48. The first-order valence-electron chi connectivity index (χ1n) is 7.57. The van der Waals surface area contributed by atoms with Crippen molar-refractivity contribution in [1.29, 1.82) is 5.26 Å². The van der Waals surface area contributed by atoms with Crippen LogP contribution in [0.15, 0.2) is 48.5 Å². The van der Waals surface area contributed by atoms with Crippen molar-refractivity contribution in [3.05, 3.63) is 65.2 Å². The zero-order valence-electron chi connectivity index (χ0n) is 13.4. The summed E-state index contributed by atoms with van der Waals surface area (Å²) >= 11 is 1.55. The third-order valence-electron chi connectivity index (χ3n) is 3.60. The Balaban J connectivity index is 2.14. The average Bonchev–Trinajstić information content (AvgIpc) is 2.65. The summed E-state index contributed by atoms with van der Waals surface area (Å²) in [5.74, 6) is 1.35. The summed E-state index contributed by atoms with van der Waals surface area (Å²) < 4.78 is 5.16. The lowest BCUT2D eigenvalue weighted by Crippen LogP contribution is -2.07. The first-order chi connectivity index (χ1) is 11.7. The van der Waals surface area contributed by atoms with Gasteiger partial charge in [0.25, 0.3) is 0 Å². The van der Waals surface area contributed by atoms with Crippen LogP contribution in [0.1, 0.15) is 33.2 Å². The number of hydrogen-bond donors (Lipinski definition) is 1. The lowest BCUT2D eigenvalue weighted by atomic mass is 10.0. The van der Waals surface area contributed by atoms with Crippen molar-refractivity contribution in [2.24, 2.45) is 0 Å². The molecule has 0 heterocycles. The standard InChI is InChI=1S/C19H19NO3S/c1-23-17-8-6-16(7-9-17)19(24-11-10-21)12-18(22)15-4-2-14(13-20)3-5-15/h2-9,19,21H,10-12H2,1H3. The minimum Gasteiger partial charge on any atom is -0.497 e. The van der Waals surface area contributed by atoms with Crippen LogP contribution in [0.4, 0.5) is 0 Å². The van der Waals surface area contributed by atoms with Crippen LogP contribution in [-0.4, -0.2) is 30.4 Å². The maximum atomic E-state index is 12.5. The molecule has 0 aliphatic heterocycles. The minimum absolute atomic E-state index is 0.0192. The number of ketones is 1. The largest absolute Gasteiger partial charge is 0.497 e. The molecule has 0 aromatic heterocycles. The number of carbonyl (C=O) groups excluding carboxylic acids is 1. The number of carbonyl (C=O) groups is 1. The molecule has 5 heteroatoms. The van der Waals surface area contributed by atoms with E-state index in [0.29, 0.717) is 23.3 Å². The van der Waals surface area contributed by atoms with Gasteiger partial charge in [0, 0.05) is 23.0 Å². The van der Waals surface area contributed by atoms with Gasteiger partial charge in [-0.2, -0.15) is 17.0 Å². The van der Waals surface area contributed by atoms with E-state index in [0.717, 1.165) is 11.3 Å². The van der Waals surface area contributed by atoms with Gasteiger partial charge >= 0.3 is 0 Å². The van der Waals surface area contributed by atoms with Crippen LogP contribution in [0.25, 0.3) is 0 Å². The fourth-order valence-corrected chi connectivity index (χ4v) is 3.31. The van der Waals surface area contributed by atoms with Gasteiger partial charge < -0.3 is 9.84 Å².